The van der Waals surface area contributed by atoms with Crippen LogP contribution in [-0.4, -0.2) is 34.3 Å². The quantitative estimate of drug-likeness (QED) is 0.845. The number of nitrogens with one attached hydrogen (secondary N) is 1. The normalized spacial score (nSPS) is 33.6. The van der Waals surface area contributed by atoms with Crippen molar-refractivity contribution in [3.63, 3.8) is 0 Å². The molecule has 0 aromatic heterocycles. The van der Waals surface area contributed by atoms with Gasteiger partial charge >= 0.3 is 0 Å². The van der Waals surface area contributed by atoms with Crippen molar-refractivity contribution in [1.29, 1.82) is 0 Å². The topological polar surface area (TPSA) is 49.4 Å². The molecular formula is C15H26N2O2. The van der Waals surface area contributed by atoms with Crippen LogP contribution in [0.3, 0.4) is 0 Å². The highest BCUT2D eigenvalue weighted by atomic mass is 16.2. The fourth-order valence-electron chi connectivity index (χ4n) is 3.17. The van der Waals surface area contributed by atoms with Crippen LogP contribution in [-0.2, 0) is 9.59 Å². The zero-order chi connectivity index (χ0) is 14.4. The minimum Gasteiger partial charge on any atom is -0.342 e. The van der Waals surface area contributed by atoms with Crippen molar-refractivity contribution in [2.75, 3.05) is 0 Å². The van der Waals surface area contributed by atoms with E-state index in [-0.39, 0.29) is 29.8 Å². The maximum absolute atomic E-state index is 12.8. The van der Waals surface area contributed by atoms with Crippen molar-refractivity contribution in [1.82, 2.24) is 10.2 Å². The van der Waals surface area contributed by atoms with Gasteiger partial charge in [-0.15, -0.1) is 0 Å². The molecule has 0 spiro atoms. The maximum atomic E-state index is 12.8. The van der Waals surface area contributed by atoms with Crippen LogP contribution in [0.2, 0.25) is 0 Å². The third kappa shape index (κ3) is 2.15. The van der Waals surface area contributed by atoms with Gasteiger partial charge in [0.05, 0.1) is 0 Å². The van der Waals surface area contributed by atoms with E-state index in [4.69, 9.17) is 0 Å². The molecule has 1 heterocycles. The summed E-state index contributed by atoms with van der Waals surface area (Å²) < 4.78 is 0. The summed E-state index contributed by atoms with van der Waals surface area (Å²) in [5.41, 5.74) is -0.641. The van der Waals surface area contributed by atoms with E-state index in [1.54, 1.807) is 0 Å². The lowest BCUT2D eigenvalue weighted by Crippen LogP contribution is -2.73. The molecule has 1 aliphatic heterocycles. The number of hydrogen-bond donors (Lipinski definition) is 1. The van der Waals surface area contributed by atoms with Crippen LogP contribution in [0.4, 0.5) is 0 Å². The number of piperazine rings is 1. The fraction of sp³-hybridized carbons (Fsp3) is 0.867. The lowest BCUT2D eigenvalue weighted by molar-refractivity contribution is -0.162. The molecule has 2 rings (SSSR count). The number of hydrogen-bond acceptors (Lipinski definition) is 2. The van der Waals surface area contributed by atoms with Crippen molar-refractivity contribution in [3.05, 3.63) is 0 Å². The molecule has 2 amide bonds. The minimum absolute atomic E-state index is 0.0357. The summed E-state index contributed by atoms with van der Waals surface area (Å²) in [6.45, 7) is 10.0. The molecule has 1 N–H and O–H groups in total. The molecule has 19 heavy (non-hydrogen) atoms. The third-order valence-corrected chi connectivity index (χ3v) is 4.82. The summed E-state index contributed by atoms with van der Waals surface area (Å²) >= 11 is 0. The number of carbonyl (C=O) groups excluding carboxylic acids is 2. The van der Waals surface area contributed by atoms with Gasteiger partial charge in [-0.05, 0) is 44.9 Å². The Balaban J connectivity index is 2.38. The van der Waals surface area contributed by atoms with E-state index in [0.717, 1.165) is 19.3 Å². The van der Waals surface area contributed by atoms with Crippen LogP contribution in [0.1, 0.15) is 53.9 Å². The molecule has 1 saturated heterocycles. The van der Waals surface area contributed by atoms with Gasteiger partial charge in [0.2, 0.25) is 11.8 Å². The molecule has 2 aliphatic rings. The lowest BCUT2D eigenvalue weighted by Gasteiger charge is -2.50. The van der Waals surface area contributed by atoms with Gasteiger partial charge in [-0.1, -0.05) is 20.8 Å². The Labute approximate surface area is 115 Å². The predicted octanol–water partition coefficient (Wildman–Crippen LogP) is 1.94. The van der Waals surface area contributed by atoms with Crippen molar-refractivity contribution >= 4 is 11.8 Å². The molecule has 1 aliphatic carbocycles. The molecule has 2 fully saturated rings. The van der Waals surface area contributed by atoms with E-state index < -0.39 is 5.54 Å². The molecule has 3 unspecified atom stereocenters. The Bertz CT molecular complexity index is 390. The van der Waals surface area contributed by atoms with E-state index in [2.05, 4.69) is 19.2 Å². The first-order valence-corrected chi connectivity index (χ1v) is 7.48. The van der Waals surface area contributed by atoms with E-state index in [1.165, 1.54) is 0 Å². The molecule has 0 radical (unpaired) electrons. The smallest absolute Gasteiger partial charge is 0.246 e. The van der Waals surface area contributed by atoms with Crippen LogP contribution in [0, 0.1) is 11.8 Å². The molecule has 108 valence electrons. The highest BCUT2D eigenvalue weighted by Crippen LogP contribution is 2.46. The first-order chi connectivity index (χ1) is 8.83. The summed E-state index contributed by atoms with van der Waals surface area (Å²) in [4.78, 5) is 27.2. The van der Waals surface area contributed by atoms with Crippen molar-refractivity contribution < 1.29 is 9.59 Å². The van der Waals surface area contributed by atoms with Gasteiger partial charge in [0.1, 0.15) is 11.6 Å². The molecule has 4 heteroatoms. The third-order valence-electron chi connectivity index (χ3n) is 4.82. The molecule has 0 bridgehead atoms. The number of rotatable bonds is 4. The Hall–Kier alpha value is -1.06. The second kappa shape index (κ2) is 4.80. The Morgan fingerprint density at radius 2 is 1.89 bits per heavy atom. The second-order valence-electron chi connectivity index (χ2n) is 6.58. The lowest BCUT2D eigenvalue weighted by atomic mass is 9.84. The Morgan fingerprint density at radius 1 is 1.32 bits per heavy atom. The summed E-state index contributed by atoms with van der Waals surface area (Å²) in [6.07, 6.45) is 2.99. The van der Waals surface area contributed by atoms with Crippen molar-refractivity contribution in [2.45, 2.75) is 71.5 Å². The van der Waals surface area contributed by atoms with Gasteiger partial charge in [0.15, 0.2) is 0 Å². The molecule has 0 aromatic rings. The van der Waals surface area contributed by atoms with Crippen LogP contribution in [0.5, 0.6) is 0 Å². The van der Waals surface area contributed by atoms with Gasteiger partial charge in [-0.2, -0.15) is 0 Å². The number of carbonyl (C=O) groups is 2. The highest BCUT2D eigenvalue weighted by molar-refractivity contribution is 6.00. The van der Waals surface area contributed by atoms with Gasteiger partial charge in [0.25, 0.3) is 0 Å². The Morgan fingerprint density at radius 3 is 2.32 bits per heavy atom. The first-order valence-electron chi connectivity index (χ1n) is 7.48. The van der Waals surface area contributed by atoms with E-state index >= 15 is 0 Å². The summed E-state index contributed by atoms with van der Waals surface area (Å²) in [5, 5.41) is 2.96. The maximum Gasteiger partial charge on any atom is 0.246 e. The summed E-state index contributed by atoms with van der Waals surface area (Å²) in [7, 11) is 0. The second-order valence-corrected chi connectivity index (χ2v) is 6.58. The van der Waals surface area contributed by atoms with E-state index in [0.29, 0.717) is 5.92 Å². The predicted molar refractivity (Wildman–Crippen MR) is 74.5 cm³/mol. The summed E-state index contributed by atoms with van der Waals surface area (Å²) in [5.74, 6) is 0.595. The number of amides is 2. The fourth-order valence-corrected chi connectivity index (χ4v) is 3.17. The highest BCUT2D eigenvalue weighted by Gasteiger charge is 2.58. The van der Waals surface area contributed by atoms with Gasteiger partial charge in [-0.3, -0.25) is 9.59 Å². The van der Waals surface area contributed by atoms with Gasteiger partial charge in [0, 0.05) is 6.04 Å². The summed E-state index contributed by atoms with van der Waals surface area (Å²) in [6, 6.07) is -0.251. The standard InChI is InChI=1S/C15H26N2O2/c1-6-10(4)17-13(18)12(9(2)3)16-14(19)15(17,5)11-7-8-11/h9-12H,6-8H2,1-5H3,(H,16,19). The molecule has 0 aromatic carbocycles. The van der Waals surface area contributed by atoms with E-state index in [9.17, 15) is 9.59 Å². The van der Waals surface area contributed by atoms with Crippen LogP contribution in [0.25, 0.3) is 0 Å². The zero-order valence-corrected chi connectivity index (χ0v) is 12.7. The minimum atomic E-state index is -0.641. The van der Waals surface area contributed by atoms with Crippen LogP contribution in [0.15, 0.2) is 0 Å². The molecule has 3 atom stereocenters. The largest absolute Gasteiger partial charge is 0.342 e. The van der Waals surface area contributed by atoms with Gasteiger partial charge < -0.3 is 10.2 Å². The molecule has 1 saturated carbocycles. The SMILES string of the molecule is CCC(C)N1C(=O)C(C(C)C)NC(=O)C1(C)C1CC1. The first kappa shape index (κ1) is 14.4. The van der Waals surface area contributed by atoms with E-state index in [1.807, 2.05) is 25.7 Å². The Kier molecular flexibility index (Phi) is 3.63. The average molecular weight is 266 g/mol. The van der Waals surface area contributed by atoms with Crippen molar-refractivity contribution in [2.24, 2.45) is 11.8 Å². The van der Waals surface area contributed by atoms with Gasteiger partial charge in [-0.25, -0.2) is 0 Å². The molecular weight excluding hydrogens is 240 g/mol. The number of nitrogens with zero attached hydrogens (tertiary/aromatic N) is 1. The molecule has 4 nitrogen and oxygen atoms in total. The monoisotopic (exact) mass is 266 g/mol. The van der Waals surface area contributed by atoms with Crippen LogP contribution >= 0.6 is 0 Å². The average Bonchev–Trinajstić information content (AvgIpc) is 3.17. The van der Waals surface area contributed by atoms with Crippen molar-refractivity contribution in [3.8, 4) is 0 Å². The van der Waals surface area contributed by atoms with Crippen LogP contribution < -0.4 is 5.32 Å². The zero-order valence-electron chi connectivity index (χ0n) is 12.7.